The molecule has 5 rings (SSSR count). The molecule has 0 saturated carbocycles. The van der Waals surface area contributed by atoms with E-state index < -0.39 is 16.1 Å². The second kappa shape index (κ2) is 11.4. The topological polar surface area (TPSA) is 3.24 Å². The summed E-state index contributed by atoms with van der Waals surface area (Å²) < 4.78 is 2.77. The third-order valence-electron chi connectivity index (χ3n) is 5.63. The third kappa shape index (κ3) is 5.35. The van der Waals surface area contributed by atoms with Crippen molar-refractivity contribution in [3.05, 3.63) is 157 Å². The molecule has 166 valence electrons. The van der Waals surface area contributed by atoms with Crippen LogP contribution < -0.4 is 21.2 Å². The molecule has 0 heterocycles. The van der Waals surface area contributed by atoms with Crippen LogP contribution in [-0.2, 0) is 6.54 Å². The van der Waals surface area contributed by atoms with E-state index in [9.17, 15) is 0 Å². The monoisotopic (exact) mass is 475 g/mol. The summed E-state index contributed by atoms with van der Waals surface area (Å²) in [5.74, 6) is 0. The Morgan fingerprint density at radius 3 is 0.912 bits per heavy atom. The lowest BCUT2D eigenvalue weighted by Crippen LogP contribution is -2.31. The van der Waals surface area contributed by atoms with Crippen LogP contribution in [0.5, 0.6) is 0 Å². The van der Waals surface area contributed by atoms with Gasteiger partial charge in [0.2, 0.25) is 0 Å². The van der Waals surface area contributed by atoms with E-state index in [0.29, 0.717) is 0 Å². The minimum absolute atomic E-state index is 0.762. The Hall–Kier alpha value is -3.08. The average Bonchev–Trinajstić information content (AvgIpc) is 2.92. The fourth-order valence-corrected chi connectivity index (χ4v) is 10.1. The third-order valence-corrected chi connectivity index (χ3v) is 11.1. The van der Waals surface area contributed by atoms with Crippen molar-refractivity contribution in [2.45, 2.75) is 6.54 Å². The van der Waals surface area contributed by atoms with Crippen molar-refractivity contribution in [1.82, 2.24) is 4.44 Å². The van der Waals surface area contributed by atoms with Gasteiger partial charge >= 0.3 is 0 Å². The van der Waals surface area contributed by atoms with Gasteiger partial charge in [0.25, 0.3) is 0 Å². The maximum atomic E-state index is 2.77. The van der Waals surface area contributed by atoms with E-state index in [1.807, 2.05) is 0 Å². The zero-order valence-corrected chi connectivity index (χ0v) is 20.8. The van der Waals surface area contributed by atoms with Crippen LogP contribution in [0.25, 0.3) is 0 Å². The largest absolute Gasteiger partial charge is 0.240 e. The highest BCUT2D eigenvalue weighted by Gasteiger charge is 2.31. The smallest absolute Gasteiger partial charge is 0.0326 e. The van der Waals surface area contributed by atoms with Gasteiger partial charge in [0.05, 0.1) is 0 Å². The molecule has 0 atom stereocenters. The van der Waals surface area contributed by atoms with Crippen LogP contribution in [0.3, 0.4) is 0 Å². The zero-order chi connectivity index (χ0) is 23.0. The Balaban J connectivity index is 1.73. The van der Waals surface area contributed by atoms with E-state index >= 15 is 0 Å². The molecule has 34 heavy (non-hydrogen) atoms. The van der Waals surface area contributed by atoms with E-state index in [1.165, 1.54) is 26.8 Å². The number of hydrogen-bond acceptors (Lipinski definition) is 1. The summed E-state index contributed by atoms with van der Waals surface area (Å²) in [6.07, 6.45) is 0. The van der Waals surface area contributed by atoms with Crippen LogP contribution in [0.2, 0.25) is 0 Å². The molecule has 0 amide bonds. The Morgan fingerprint density at radius 1 is 0.353 bits per heavy atom. The quantitative estimate of drug-likeness (QED) is 0.229. The molecule has 0 N–H and O–H groups in total. The average molecular weight is 476 g/mol. The molecule has 0 radical (unpaired) electrons. The molecule has 5 aromatic carbocycles. The second-order valence-electron chi connectivity index (χ2n) is 7.98. The van der Waals surface area contributed by atoms with Crippen LogP contribution in [0.15, 0.2) is 152 Å². The molecule has 3 heteroatoms. The summed E-state index contributed by atoms with van der Waals surface area (Å²) in [6.45, 7) is 0.881. The van der Waals surface area contributed by atoms with Crippen molar-refractivity contribution in [1.29, 1.82) is 0 Å². The summed E-state index contributed by atoms with van der Waals surface area (Å²) in [5.41, 5.74) is 1.33. The van der Waals surface area contributed by atoms with E-state index in [2.05, 4.69) is 156 Å². The van der Waals surface area contributed by atoms with Crippen molar-refractivity contribution in [3.63, 3.8) is 0 Å². The summed E-state index contributed by atoms with van der Waals surface area (Å²) in [7, 11) is -1.52. The number of rotatable bonds is 8. The van der Waals surface area contributed by atoms with Gasteiger partial charge in [-0.1, -0.05) is 152 Å². The summed E-state index contributed by atoms with van der Waals surface area (Å²) in [6, 6.07) is 55.0. The fraction of sp³-hybridized carbons (Fsp3) is 0.0323. The highest BCUT2D eigenvalue weighted by Crippen LogP contribution is 2.55. The minimum Gasteiger partial charge on any atom is -0.240 e. The van der Waals surface area contributed by atoms with E-state index in [1.54, 1.807) is 0 Å². The van der Waals surface area contributed by atoms with Gasteiger partial charge in [-0.2, -0.15) is 0 Å². The standard InChI is InChI=1S/C31H27NP2/c1-6-16-27(17-7-1)26-32(33(28-18-8-2-9-19-28)29-20-10-3-11-21-29)34(30-22-12-4-13-23-30)31-24-14-5-15-25-31/h1-25H,26H2. The van der Waals surface area contributed by atoms with Crippen molar-refractivity contribution < 1.29 is 0 Å². The van der Waals surface area contributed by atoms with Crippen molar-refractivity contribution in [2.75, 3.05) is 0 Å². The number of hydrogen-bond donors (Lipinski definition) is 0. The van der Waals surface area contributed by atoms with Crippen LogP contribution in [0, 0.1) is 0 Å². The van der Waals surface area contributed by atoms with Gasteiger partial charge in [0.1, 0.15) is 0 Å². The predicted molar refractivity (Wildman–Crippen MR) is 150 cm³/mol. The highest BCUT2D eigenvalue weighted by molar-refractivity contribution is 7.84. The maximum Gasteiger partial charge on any atom is 0.0326 e. The fourth-order valence-electron chi connectivity index (χ4n) is 4.09. The molecule has 0 aliphatic heterocycles. The summed E-state index contributed by atoms with van der Waals surface area (Å²) in [5, 5.41) is 5.50. The first-order valence-electron chi connectivity index (χ1n) is 11.5. The van der Waals surface area contributed by atoms with E-state index in [-0.39, 0.29) is 0 Å². The molecule has 5 aromatic rings. The SMILES string of the molecule is c1ccc(CN(P(c2ccccc2)c2ccccc2)P(c2ccccc2)c2ccccc2)cc1. The maximum absolute atomic E-state index is 2.77. The van der Waals surface area contributed by atoms with Crippen LogP contribution in [0.1, 0.15) is 5.56 Å². The Morgan fingerprint density at radius 2 is 0.618 bits per heavy atom. The van der Waals surface area contributed by atoms with Crippen molar-refractivity contribution >= 4 is 37.4 Å². The van der Waals surface area contributed by atoms with Gasteiger partial charge in [-0.3, -0.25) is 0 Å². The molecule has 0 unspecified atom stereocenters. The Kier molecular flexibility index (Phi) is 7.59. The molecule has 0 aliphatic carbocycles. The lowest BCUT2D eigenvalue weighted by molar-refractivity contribution is 0.717. The van der Waals surface area contributed by atoms with Gasteiger partial charge in [-0.05, 0) is 26.8 Å². The van der Waals surface area contributed by atoms with Gasteiger partial charge in [0.15, 0.2) is 0 Å². The molecule has 0 aromatic heterocycles. The van der Waals surface area contributed by atoms with Crippen LogP contribution in [0.4, 0.5) is 0 Å². The molecule has 0 saturated heterocycles. The summed E-state index contributed by atoms with van der Waals surface area (Å²) >= 11 is 0. The molecular weight excluding hydrogens is 448 g/mol. The van der Waals surface area contributed by atoms with E-state index in [4.69, 9.17) is 0 Å². The zero-order valence-electron chi connectivity index (χ0n) is 19.0. The first-order valence-corrected chi connectivity index (χ1v) is 14.1. The van der Waals surface area contributed by atoms with Crippen molar-refractivity contribution in [2.24, 2.45) is 0 Å². The molecule has 0 bridgehead atoms. The normalized spacial score (nSPS) is 11.3. The van der Waals surface area contributed by atoms with Gasteiger partial charge in [0, 0.05) is 22.7 Å². The predicted octanol–water partition coefficient (Wildman–Crippen LogP) is 6.58. The molecule has 0 fully saturated rings. The van der Waals surface area contributed by atoms with Gasteiger partial charge in [-0.25, -0.2) is 4.44 Å². The van der Waals surface area contributed by atoms with Gasteiger partial charge < -0.3 is 0 Å². The number of nitrogens with zero attached hydrogens (tertiary/aromatic N) is 1. The Bertz CT molecular complexity index is 1100. The van der Waals surface area contributed by atoms with Crippen LogP contribution >= 0.6 is 16.1 Å². The lowest BCUT2D eigenvalue weighted by Gasteiger charge is -2.39. The molecule has 0 aliphatic rings. The Labute approximate surface area is 205 Å². The highest BCUT2D eigenvalue weighted by atomic mass is 31.2. The van der Waals surface area contributed by atoms with Gasteiger partial charge in [-0.15, -0.1) is 0 Å². The molecular formula is C31H27NP2. The first-order chi connectivity index (χ1) is 16.9. The van der Waals surface area contributed by atoms with Crippen LogP contribution in [-0.4, -0.2) is 4.44 Å². The second-order valence-corrected chi connectivity index (χ2v) is 12.6. The van der Waals surface area contributed by atoms with E-state index in [0.717, 1.165) is 6.54 Å². The number of benzene rings is 5. The first kappa shape index (κ1) is 22.7. The lowest BCUT2D eigenvalue weighted by atomic mass is 10.2. The minimum atomic E-state index is -0.762. The molecule has 1 nitrogen and oxygen atoms in total. The summed E-state index contributed by atoms with van der Waals surface area (Å²) in [4.78, 5) is 0. The molecule has 0 spiro atoms. The van der Waals surface area contributed by atoms with Crippen molar-refractivity contribution in [3.8, 4) is 0 Å².